The molecule has 0 aromatic carbocycles. The first-order valence-electron chi connectivity index (χ1n) is 5.55. The lowest BCUT2D eigenvalue weighted by molar-refractivity contribution is 0.451. The molecule has 0 saturated heterocycles. The van der Waals surface area contributed by atoms with Crippen molar-refractivity contribution in [3.63, 3.8) is 0 Å². The van der Waals surface area contributed by atoms with Crippen LogP contribution in [0.4, 0.5) is 0 Å². The molecular formula is C12H20BrNOSi. The van der Waals surface area contributed by atoms with Crippen molar-refractivity contribution in [2.24, 2.45) is 0 Å². The summed E-state index contributed by atoms with van der Waals surface area (Å²) in [5.41, 5.74) is 1.27. The standard InChI is InChI=1S/C12H20BrNOSi/c1-12(2,16(3,4)15)7-5-10-6-8-14-9-11(10)13/h6,8-9,15H,5,7H2,1-4H3. The van der Waals surface area contributed by atoms with Gasteiger partial charge in [-0.25, -0.2) is 0 Å². The molecular weight excluding hydrogens is 282 g/mol. The molecule has 90 valence electrons. The van der Waals surface area contributed by atoms with E-state index in [2.05, 4.69) is 34.8 Å². The molecule has 2 nitrogen and oxygen atoms in total. The first kappa shape index (κ1) is 13.9. The van der Waals surface area contributed by atoms with Crippen molar-refractivity contribution in [1.29, 1.82) is 0 Å². The molecule has 0 radical (unpaired) electrons. The Kier molecular flexibility index (Phi) is 4.32. The van der Waals surface area contributed by atoms with Crippen molar-refractivity contribution in [3.05, 3.63) is 28.5 Å². The number of halogens is 1. The first-order valence-corrected chi connectivity index (χ1v) is 9.29. The highest BCUT2D eigenvalue weighted by Gasteiger charge is 2.37. The minimum atomic E-state index is -2.09. The highest BCUT2D eigenvalue weighted by atomic mass is 79.9. The van der Waals surface area contributed by atoms with Crippen molar-refractivity contribution in [2.75, 3.05) is 0 Å². The minimum Gasteiger partial charge on any atom is -0.432 e. The average molecular weight is 302 g/mol. The molecule has 1 heterocycles. The minimum absolute atomic E-state index is 0.0374. The second-order valence-electron chi connectivity index (χ2n) is 5.41. The van der Waals surface area contributed by atoms with E-state index in [1.54, 1.807) is 0 Å². The van der Waals surface area contributed by atoms with E-state index in [0.717, 1.165) is 17.3 Å². The lowest BCUT2D eigenvalue weighted by Crippen LogP contribution is -2.39. The molecule has 0 spiro atoms. The van der Waals surface area contributed by atoms with E-state index in [0.29, 0.717) is 0 Å². The Balaban J connectivity index is 2.69. The summed E-state index contributed by atoms with van der Waals surface area (Å²) in [6, 6.07) is 2.03. The van der Waals surface area contributed by atoms with E-state index in [1.165, 1.54) is 5.56 Å². The Morgan fingerprint density at radius 2 is 2.06 bits per heavy atom. The Bertz CT molecular complexity index is 360. The summed E-state index contributed by atoms with van der Waals surface area (Å²) in [7, 11) is -2.09. The quantitative estimate of drug-likeness (QED) is 0.859. The van der Waals surface area contributed by atoms with Gasteiger partial charge in [-0.05, 0) is 58.5 Å². The smallest absolute Gasteiger partial charge is 0.188 e. The maximum absolute atomic E-state index is 10.2. The highest BCUT2D eigenvalue weighted by molar-refractivity contribution is 9.10. The summed E-state index contributed by atoms with van der Waals surface area (Å²) in [4.78, 5) is 14.3. The van der Waals surface area contributed by atoms with Crippen LogP contribution in [0.2, 0.25) is 18.1 Å². The molecule has 0 atom stereocenters. The summed E-state index contributed by atoms with van der Waals surface area (Å²) >= 11 is 3.50. The van der Waals surface area contributed by atoms with Crippen LogP contribution in [0.1, 0.15) is 25.8 Å². The van der Waals surface area contributed by atoms with Crippen LogP contribution < -0.4 is 0 Å². The van der Waals surface area contributed by atoms with E-state index >= 15 is 0 Å². The molecule has 1 N–H and O–H groups in total. The van der Waals surface area contributed by atoms with Crippen LogP contribution in [-0.2, 0) is 6.42 Å². The molecule has 0 unspecified atom stereocenters. The molecule has 1 aromatic heterocycles. The fourth-order valence-corrected chi connectivity index (χ4v) is 2.55. The zero-order valence-corrected chi connectivity index (χ0v) is 13.0. The van der Waals surface area contributed by atoms with Crippen LogP contribution in [-0.4, -0.2) is 18.1 Å². The van der Waals surface area contributed by atoms with Gasteiger partial charge in [0.25, 0.3) is 0 Å². The number of pyridine rings is 1. The molecule has 1 aromatic rings. The van der Waals surface area contributed by atoms with Crippen molar-refractivity contribution in [3.8, 4) is 0 Å². The molecule has 0 amide bonds. The number of aryl methyl sites for hydroxylation is 1. The van der Waals surface area contributed by atoms with Crippen molar-refractivity contribution < 1.29 is 4.80 Å². The lowest BCUT2D eigenvalue weighted by Gasteiger charge is -2.35. The summed E-state index contributed by atoms with van der Waals surface area (Å²) in [5, 5.41) is 0.0374. The predicted molar refractivity (Wildman–Crippen MR) is 74.0 cm³/mol. The Hall–Kier alpha value is -0.193. The van der Waals surface area contributed by atoms with Gasteiger partial charge in [-0.1, -0.05) is 13.8 Å². The van der Waals surface area contributed by atoms with Gasteiger partial charge in [-0.15, -0.1) is 0 Å². The van der Waals surface area contributed by atoms with E-state index in [9.17, 15) is 4.80 Å². The fraction of sp³-hybridized carbons (Fsp3) is 0.583. The number of aromatic nitrogens is 1. The second kappa shape index (κ2) is 4.98. The van der Waals surface area contributed by atoms with Gasteiger partial charge in [0.15, 0.2) is 8.32 Å². The maximum Gasteiger partial charge on any atom is 0.188 e. The highest BCUT2D eigenvalue weighted by Crippen LogP contribution is 2.40. The zero-order valence-electron chi connectivity index (χ0n) is 10.4. The topological polar surface area (TPSA) is 33.1 Å². The monoisotopic (exact) mass is 301 g/mol. The fourth-order valence-electron chi connectivity index (χ4n) is 1.36. The number of hydrogen-bond donors (Lipinski definition) is 1. The molecule has 0 aliphatic carbocycles. The second-order valence-corrected chi connectivity index (χ2v) is 10.7. The summed E-state index contributed by atoms with van der Waals surface area (Å²) in [6.07, 6.45) is 5.62. The number of nitrogens with zero attached hydrogens (tertiary/aromatic N) is 1. The normalized spacial score (nSPS) is 12.9. The average Bonchev–Trinajstić information content (AvgIpc) is 2.15. The van der Waals surface area contributed by atoms with Gasteiger partial charge in [0.1, 0.15) is 0 Å². The SMILES string of the molecule is CC(C)(CCc1ccncc1Br)[Si](C)(C)O. The van der Waals surface area contributed by atoms with Crippen molar-refractivity contribution in [2.45, 2.75) is 44.8 Å². The van der Waals surface area contributed by atoms with Gasteiger partial charge in [0, 0.05) is 16.9 Å². The molecule has 4 heteroatoms. The van der Waals surface area contributed by atoms with Crippen molar-refractivity contribution in [1.82, 2.24) is 4.98 Å². The van der Waals surface area contributed by atoms with Gasteiger partial charge in [0.05, 0.1) is 0 Å². The van der Waals surface area contributed by atoms with Crippen LogP contribution in [0.25, 0.3) is 0 Å². The summed E-state index contributed by atoms with van der Waals surface area (Å²) < 4.78 is 1.06. The molecule has 0 saturated carbocycles. The molecule has 0 aliphatic rings. The van der Waals surface area contributed by atoms with Crippen LogP contribution in [0.5, 0.6) is 0 Å². The van der Waals surface area contributed by atoms with Crippen LogP contribution in [0.3, 0.4) is 0 Å². The predicted octanol–water partition coefficient (Wildman–Crippen LogP) is 3.75. The van der Waals surface area contributed by atoms with E-state index in [1.807, 2.05) is 31.6 Å². The van der Waals surface area contributed by atoms with Gasteiger partial charge in [-0.3, -0.25) is 4.98 Å². The van der Waals surface area contributed by atoms with Crippen LogP contribution >= 0.6 is 15.9 Å². The molecule has 1 rings (SSSR count). The van der Waals surface area contributed by atoms with E-state index < -0.39 is 8.32 Å². The number of rotatable bonds is 4. The third kappa shape index (κ3) is 3.40. The molecule has 0 fully saturated rings. The first-order chi connectivity index (χ1) is 7.24. The van der Waals surface area contributed by atoms with Gasteiger partial charge >= 0.3 is 0 Å². The largest absolute Gasteiger partial charge is 0.432 e. The zero-order chi connectivity index (χ0) is 12.4. The number of hydrogen-bond acceptors (Lipinski definition) is 2. The molecule has 16 heavy (non-hydrogen) atoms. The van der Waals surface area contributed by atoms with Crippen LogP contribution in [0, 0.1) is 0 Å². The summed E-state index contributed by atoms with van der Waals surface area (Å²) in [5.74, 6) is 0. The third-order valence-electron chi connectivity index (χ3n) is 3.53. The third-order valence-corrected chi connectivity index (χ3v) is 7.81. The van der Waals surface area contributed by atoms with Gasteiger partial charge in [0.2, 0.25) is 0 Å². The maximum atomic E-state index is 10.2. The lowest BCUT2D eigenvalue weighted by atomic mass is 10.0. The Morgan fingerprint density at radius 1 is 1.44 bits per heavy atom. The Morgan fingerprint density at radius 3 is 2.56 bits per heavy atom. The van der Waals surface area contributed by atoms with E-state index in [4.69, 9.17) is 0 Å². The van der Waals surface area contributed by atoms with Gasteiger partial charge < -0.3 is 4.80 Å². The molecule has 0 aliphatic heterocycles. The summed E-state index contributed by atoms with van der Waals surface area (Å²) in [6.45, 7) is 8.34. The van der Waals surface area contributed by atoms with Crippen molar-refractivity contribution >= 4 is 24.2 Å². The van der Waals surface area contributed by atoms with Gasteiger partial charge in [-0.2, -0.15) is 0 Å². The van der Waals surface area contributed by atoms with E-state index in [-0.39, 0.29) is 5.04 Å². The van der Waals surface area contributed by atoms with Crippen LogP contribution in [0.15, 0.2) is 22.9 Å². The Labute approximate surface area is 107 Å². The molecule has 0 bridgehead atoms.